The van der Waals surface area contributed by atoms with Crippen LogP contribution in [-0.2, 0) is 19.6 Å². The van der Waals surface area contributed by atoms with Gasteiger partial charge in [0.25, 0.3) is 0 Å². The summed E-state index contributed by atoms with van der Waals surface area (Å²) >= 11 is 1.19. The molecular weight excluding hydrogens is 519 g/mol. The second-order valence-corrected chi connectivity index (χ2v) is 10.9. The highest BCUT2D eigenvalue weighted by molar-refractivity contribution is 7.89. The lowest BCUT2D eigenvalue weighted by Crippen LogP contribution is -2.43. The lowest BCUT2D eigenvalue weighted by molar-refractivity contribution is -0.117. The predicted molar refractivity (Wildman–Crippen MR) is 141 cm³/mol. The van der Waals surface area contributed by atoms with Gasteiger partial charge in [0.15, 0.2) is 0 Å². The van der Waals surface area contributed by atoms with Crippen LogP contribution in [0.3, 0.4) is 0 Å². The molecule has 0 bridgehead atoms. The van der Waals surface area contributed by atoms with Gasteiger partial charge in [-0.2, -0.15) is 4.72 Å². The van der Waals surface area contributed by atoms with Gasteiger partial charge in [-0.25, -0.2) is 17.6 Å². The van der Waals surface area contributed by atoms with Crippen LogP contribution in [0.25, 0.3) is 11.1 Å². The Hall–Kier alpha value is -3.28. The van der Waals surface area contributed by atoms with Gasteiger partial charge in [-0.3, -0.25) is 4.79 Å². The first kappa shape index (κ1) is 28.3. The summed E-state index contributed by atoms with van der Waals surface area (Å²) in [5.74, 6) is -1.14. The Labute approximate surface area is 219 Å². The molecule has 11 heteroatoms. The smallest absolute Gasteiger partial charge is 0.341 e. The predicted octanol–water partition coefficient (Wildman–Crippen LogP) is 5.13. The summed E-state index contributed by atoms with van der Waals surface area (Å²) in [6, 6.07) is 10.4. The number of esters is 1. The SMILES string of the molecule is CCOC(=O)c1c(NC(=O)C(CC)NS(=O)(=O)c2ccc(F)cc2)sc(C)c1-c1ccc(OCC)cc1. The minimum Gasteiger partial charge on any atom is -0.494 e. The van der Waals surface area contributed by atoms with E-state index in [0.29, 0.717) is 17.9 Å². The van der Waals surface area contributed by atoms with Crippen molar-refractivity contribution < 1.29 is 31.9 Å². The van der Waals surface area contributed by atoms with E-state index in [1.807, 2.05) is 26.0 Å². The monoisotopic (exact) mass is 548 g/mol. The molecule has 0 radical (unpaired) electrons. The van der Waals surface area contributed by atoms with E-state index in [0.717, 1.165) is 34.7 Å². The van der Waals surface area contributed by atoms with E-state index in [1.54, 1.807) is 26.0 Å². The van der Waals surface area contributed by atoms with Gasteiger partial charge in [0.05, 0.1) is 18.1 Å². The number of aryl methyl sites for hydroxylation is 1. The van der Waals surface area contributed by atoms with Crippen LogP contribution in [0, 0.1) is 12.7 Å². The summed E-state index contributed by atoms with van der Waals surface area (Å²) in [6.45, 7) is 7.69. The number of carbonyl (C=O) groups is 2. The van der Waals surface area contributed by atoms with Gasteiger partial charge in [-0.15, -0.1) is 11.3 Å². The van der Waals surface area contributed by atoms with Crippen LogP contribution >= 0.6 is 11.3 Å². The number of sulfonamides is 1. The summed E-state index contributed by atoms with van der Waals surface area (Å²) < 4.78 is 51.9. The number of amides is 1. The fraction of sp³-hybridized carbons (Fsp3) is 0.308. The molecule has 0 spiro atoms. The number of benzene rings is 2. The Balaban J connectivity index is 1.93. The molecule has 1 amide bonds. The number of nitrogens with one attached hydrogen (secondary N) is 2. The van der Waals surface area contributed by atoms with E-state index < -0.39 is 33.8 Å². The standard InChI is InChI=1S/C26H29FN2O6S2/c1-5-21(29-37(32,33)20-14-10-18(27)11-15-20)24(30)28-25-23(26(31)35-7-3)22(16(4)36-25)17-8-12-19(13-9-17)34-6-2/h8-15,21,29H,5-7H2,1-4H3,(H,28,30). The number of ether oxygens (including phenoxy) is 2. The molecule has 0 aliphatic carbocycles. The van der Waals surface area contributed by atoms with Crippen LogP contribution in [-0.4, -0.2) is 39.5 Å². The highest BCUT2D eigenvalue weighted by atomic mass is 32.2. The summed E-state index contributed by atoms with van der Waals surface area (Å²) in [7, 11) is -4.09. The van der Waals surface area contributed by atoms with Gasteiger partial charge in [0, 0.05) is 10.4 Å². The zero-order valence-corrected chi connectivity index (χ0v) is 22.6. The third-order valence-electron chi connectivity index (χ3n) is 5.40. The van der Waals surface area contributed by atoms with E-state index in [4.69, 9.17) is 9.47 Å². The van der Waals surface area contributed by atoms with Gasteiger partial charge < -0.3 is 14.8 Å². The molecule has 0 aliphatic rings. The Morgan fingerprint density at radius 1 is 1.00 bits per heavy atom. The van der Waals surface area contributed by atoms with Crippen LogP contribution in [0.5, 0.6) is 5.75 Å². The Morgan fingerprint density at radius 3 is 2.22 bits per heavy atom. The van der Waals surface area contributed by atoms with Crippen molar-refractivity contribution in [3.8, 4) is 16.9 Å². The molecule has 1 atom stereocenters. The highest BCUT2D eigenvalue weighted by Crippen LogP contribution is 2.41. The first-order chi connectivity index (χ1) is 17.6. The topological polar surface area (TPSA) is 111 Å². The largest absolute Gasteiger partial charge is 0.494 e. The molecule has 2 N–H and O–H groups in total. The Morgan fingerprint density at radius 2 is 1.65 bits per heavy atom. The number of rotatable bonds is 11. The van der Waals surface area contributed by atoms with Crippen LogP contribution in [0.1, 0.15) is 42.4 Å². The molecule has 1 unspecified atom stereocenters. The van der Waals surface area contributed by atoms with Crippen molar-refractivity contribution in [2.24, 2.45) is 0 Å². The zero-order valence-electron chi connectivity index (χ0n) is 21.0. The molecule has 198 valence electrons. The summed E-state index contributed by atoms with van der Waals surface area (Å²) in [5, 5.41) is 2.97. The number of thiophene rings is 1. The molecule has 8 nitrogen and oxygen atoms in total. The Kier molecular flexibility index (Phi) is 9.41. The molecule has 3 aromatic rings. The van der Waals surface area contributed by atoms with Crippen molar-refractivity contribution >= 4 is 38.2 Å². The minimum absolute atomic E-state index is 0.136. The van der Waals surface area contributed by atoms with Crippen LogP contribution in [0.2, 0.25) is 0 Å². The van der Waals surface area contributed by atoms with Crippen LogP contribution < -0.4 is 14.8 Å². The number of halogens is 1. The van der Waals surface area contributed by atoms with Gasteiger partial charge in [-0.1, -0.05) is 19.1 Å². The fourth-order valence-corrected chi connectivity index (χ4v) is 6.00. The maximum Gasteiger partial charge on any atom is 0.341 e. The van der Waals surface area contributed by atoms with Crippen molar-refractivity contribution in [1.82, 2.24) is 4.72 Å². The first-order valence-electron chi connectivity index (χ1n) is 11.7. The molecule has 1 aromatic heterocycles. The average Bonchev–Trinajstić information content (AvgIpc) is 3.19. The average molecular weight is 549 g/mol. The second-order valence-electron chi connectivity index (χ2n) is 7.94. The second kappa shape index (κ2) is 12.3. The number of hydrogen-bond donors (Lipinski definition) is 2. The molecule has 1 heterocycles. The highest BCUT2D eigenvalue weighted by Gasteiger charge is 2.29. The fourth-order valence-electron chi connectivity index (χ4n) is 3.65. The van der Waals surface area contributed by atoms with E-state index in [-0.39, 0.29) is 28.5 Å². The third kappa shape index (κ3) is 6.73. The van der Waals surface area contributed by atoms with Crippen molar-refractivity contribution in [2.75, 3.05) is 18.5 Å². The van der Waals surface area contributed by atoms with Gasteiger partial charge in [0.1, 0.15) is 28.2 Å². The number of hydrogen-bond acceptors (Lipinski definition) is 7. The lowest BCUT2D eigenvalue weighted by Gasteiger charge is -2.17. The first-order valence-corrected chi connectivity index (χ1v) is 14.0. The summed E-state index contributed by atoms with van der Waals surface area (Å²) in [4.78, 5) is 26.7. The number of carbonyl (C=O) groups excluding carboxylic acids is 2. The minimum atomic E-state index is -4.09. The maximum atomic E-state index is 13.2. The quantitative estimate of drug-likeness (QED) is 0.321. The summed E-state index contributed by atoms with van der Waals surface area (Å²) in [5.41, 5.74) is 1.55. The third-order valence-corrected chi connectivity index (χ3v) is 7.91. The maximum absolute atomic E-state index is 13.2. The molecule has 0 aliphatic heterocycles. The van der Waals surface area contributed by atoms with Gasteiger partial charge >= 0.3 is 5.97 Å². The summed E-state index contributed by atoms with van der Waals surface area (Å²) in [6.07, 6.45) is 0.136. The number of anilines is 1. The Bertz CT molecular complexity index is 1350. The lowest BCUT2D eigenvalue weighted by atomic mass is 10.0. The van der Waals surface area contributed by atoms with Crippen molar-refractivity contribution in [3.63, 3.8) is 0 Å². The molecular formula is C26H29FN2O6S2. The van der Waals surface area contributed by atoms with Crippen molar-refractivity contribution in [3.05, 3.63) is 64.8 Å². The molecule has 37 heavy (non-hydrogen) atoms. The normalized spacial score (nSPS) is 12.1. The van der Waals surface area contributed by atoms with Crippen molar-refractivity contribution in [2.45, 2.75) is 45.1 Å². The van der Waals surface area contributed by atoms with Gasteiger partial charge in [-0.05, 0) is 69.2 Å². The van der Waals surface area contributed by atoms with Crippen molar-refractivity contribution in [1.29, 1.82) is 0 Å². The van der Waals surface area contributed by atoms with E-state index >= 15 is 0 Å². The molecule has 0 fully saturated rings. The van der Waals surface area contributed by atoms with Crippen LogP contribution in [0.15, 0.2) is 53.4 Å². The molecule has 0 saturated heterocycles. The molecule has 0 saturated carbocycles. The van der Waals surface area contributed by atoms with Crippen LogP contribution in [0.4, 0.5) is 9.39 Å². The van der Waals surface area contributed by atoms with Gasteiger partial charge in [0.2, 0.25) is 15.9 Å². The van der Waals surface area contributed by atoms with E-state index in [9.17, 15) is 22.4 Å². The zero-order chi connectivity index (χ0) is 27.2. The molecule has 3 rings (SSSR count). The molecule has 2 aromatic carbocycles. The van der Waals surface area contributed by atoms with E-state index in [1.165, 1.54) is 11.3 Å². The van der Waals surface area contributed by atoms with E-state index in [2.05, 4.69) is 10.0 Å².